The van der Waals surface area contributed by atoms with Crippen molar-refractivity contribution in [3.63, 3.8) is 0 Å². The largest absolute Gasteiger partial charge is 0.393 e. The first-order valence-corrected chi connectivity index (χ1v) is 9.99. The number of hydrogen-bond donors (Lipinski definition) is 2. The van der Waals surface area contributed by atoms with E-state index in [-0.39, 0.29) is 17.9 Å². The number of ether oxygens (including phenoxy) is 3. The van der Waals surface area contributed by atoms with Gasteiger partial charge in [-0.05, 0) is 31.6 Å². The van der Waals surface area contributed by atoms with Gasteiger partial charge in [0.25, 0.3) is 0 Å². The van der Waals surface area contributed by atoms with Crippen LogP contribution in [0.25, 0.3) is 0 Å². The second-order valence-electron chi connectivity index (χ2n) is 8.31. The molecule has 0 radical (unpaired) electrons. The van der Waals surface area contributed by atoms with Crippen molar-refractivity contribution >= 4 is 0 Å². The number of aliphatic hydroxyl groups is 2. The molecule has 1 aliphatic heterocycles. The molecule has 4 rings (SSSR count). The maximum absolute atomic E-state index is 10.6. The Balaban J connectivity index is 1.48. The van der Waals surface area contributed by atoms with Gasteiger partial charge in [0.2, 0.25) is 0 Å². The third-order valence-corrected chi connectivity index (χ3v) is 7.23. The monoisotopic (exact) mass is 352 g/mol. The van der Waals surface area contributed by atoms with Crippen LogP contribution in [0, 0.1) is 17.8 Å². The summed E-state index contributed by atoms with van der Waals surface area (Å²) in [4.78, 5) is 0. The first-order valence-electron chi connectivity index (χ1n) is 9.99. The molecule has 0 aromatic rings. The lowest BCUT2D eigenvalue weighted by molar-refractivity contribution is -0.382. The van der Waals surface area contributed by atoms with Crippen LogP contribution in [-0.2, 0) is 14.2 Å². The summed E-state index contributed by atoms with van der Waals surface area (Å²) in [7, 11) is 1.73. The van der Waals surface area contributed by atoms with Crippen LogP contribution in [0.2, 0.25) is 0 Å². The van der Waals surface area contributed by atoms with Gasteiger partial charge in [-0.25, -0.2) is 0 Å². The summed E-state index contributed by atoms with van der Waals surface area (Å²) in [6, 6.07) is 0. The molecule has 3 saturated carbocycles. The predicted octanol–water partition coefficient (Wildman–Crippen LogP) is 2.40. The van der Waals surface area contributed by atoms with Crippen LogP contribution >= 0.6 is 0 Å². The highest BCUT2D eigenvalue weighted by atomic mass is 16.8. The van der Waals surface area contributed by atoms with Crippen molar-refractivity contribution in [2.24, 2.45) is 17.8 Å². The standard InChI is InChI=1S/C20H32O5/c1-23-19-10-9-18(22)15(16(19)13-20(19)24-11-12-25-20)7-8-17(21)14-5-3-2-4-6-14/h7-8,14-18,21-22H,2-6,9-13H2,1H3/b8-7+/t15-,16-,17-,18-,19-/m1/s1. The molecule has 1 heterocycles. The Hall–Kier alpha value is -0.460. The quantitative estimate of drug-likeness (QED) is 0.761. The number of fused-ring (bicyclic) bond motifs is 2. The Bertz CT molecular complexity index is 494. The van der Waals surface area contributed by atoms with E-state index in [1.165, 1.54) is 19.3 Å². The van der Waals surface area contributed by atoms with Gasteiger partial charge < -0.3 is 24.4 Å². The zero-order chi connectivity index (χ0) is 17.5. The van der Waals surface area contributed by atoms with Crippen molar-refractivity contribution in [3.05, 3.63) is 12.2 Å². The smallest absolute Gasteiger partial charge is 0.198 e. The summed E-state index contributed by atoms with van der Waals surface area (Å²) in [5.74, 6) is -0.0904. The highest BCUT2D eigenvalue weighted by Crippen LogP contribution is 2.62. The van der Waals surface area contributed by atoms with E-state index in [1.54, 1.807) is 7.11 Å². The fourth-order valence-electron chi connectivity index (χ4n) is 5.79. The molecule has 5 atom stereocenters. The maximum Gasteiger partial charge on any atom is 0.198 e. The van der Waals surface area contributed by atoms with Crippen LogP contribution in [-0.4, -0.2) is 54.1 Å². The number of methoxy groups -OCH3 is 1. The van der Waals surface area contributed by atoms with Gasteiger partial charge in [-0.2, -0.15) is 0 Å². The zero-order valence-corrected chi connectivity index (χ0v) is 15.2. The third-order valence-electron chi connectivity index (χ3n) is 7.23. The Kier molecular flexibility index (Phi) is 4.97. The van der Waals surface area contributed by atoms with E-state index in [9.17, 15) is 10.2 Å². The van der Waals surface area contributed by atoms with E-state index in [4.69, 9.17) is 14.2 Å². The van der Waals surface area contributed by atoms with E-state index >= 15 is 0 Å². The molecule has 5 nitrogen and oxygen atoms in total. The summed E-state index contributed by atoms with van der Waals surface area (Å²) >= 11 is 0. The number of rotatable bonds is 4. The molecular weight excluding hydrogens is 320 g/mol. The maximum atomic E-state index is 10.6. The second-order valence-corrected chi connectivity index (χ2v) is 8.31. The van der Waals surface area contributed by atoms with Crippen LogP contribution < -0.4 is 0 Å². The molecule has 0 unspecified atom stereocenters. The van der Waals surface area contributed by atoms with Gasteiger partial charge in [0.05, 0.1) is 25.4 Å². The lowest BCUT2D eigenvalue weighted by atomic mass is 9.52. The van der Waals surface area contributed by atoms with E-state index in [2.05, 4.69) is 0 Å². The van der Waals surface area contributed by atoms with Crippen LogP contribution in [0.3, 0.4) is 0 Å². The molecule has 142 valence electrons. The highest BCUT2D eigenvalue weighted by Gasteiger charge is 2.73. The van der Waals surface area contributed by atoms with Crippen LogP contribution in [0.1, 0.15) is 51.4 Å². The molecule has 3 aliphatic carbocycles. The van der Waals surface area contributed by atoms with Gasteiger partial charge in [-0.15, -0.1) is 0 Å². The molecule has 0 aromatic carbocycles. The first-order chi connectivity index (χ1) is 12.1. The van der Waals surface area contributed by atoms with Crippen LogP contribution in [0.5, 0.6) is 0 Å². The average Bonchev–Trinajstić information content (AvgIpc) is 3.14. The Morgan fingerprint density at radius 2 is 1.84 bits per heavy atom. The highest BCUT2D eigenvalue weighted by molar-refractivity contribution is 5.21. The van der Waals surface area contributed by atoms with Crippen molar-refractivity contribution in [1.82, 2.24) is 0 Å². The summed E-state index contributed by atoms with van der Waals surface area (Å²) in [6.07, 6.45) is 11.3. The van der Waals surface area contributed by atoms with Gasteiger partial charge in [-0.3, -0.25) is 0 Å². The Morgan fingerprint density at radius 1 is 1.12 bits per heavy atom. The van der Waals surface area contributed by atoms with Crippen LogP contribution in [0.4, 0.5) is 0 Å². The molecule has 1 saturated heterocycles. The Morgan fingerprint density at radius 3 is 2.52 bits per heavy atom. The molecule has 4 fully saturated rings. The molecule has 0 amide bonds. The molecule has 25 heavy (non-hydrogen) atoms. The van der Waals surface area contributed by atoms with Gasteiger partial charge in [-0.1, -0.05) is 31.4 Å². The normalized spacial score (nSPS) is 42.4. The third kappa shape index (κ3) is 2.79. The second kappa shape index (κ2) is 6.93. The number of aliphatic hydroxyl groups excluding tert-OH is 2. The SMILES string of the molecule is CO[C@]12CC[C@@H](O)[C@H](/C=C/[C@@H](O)C3CCCCC3)[C@H]1CC21OCCO1. The fraction of sp³-hybridized carbons (Fsp3) is 0.900. The minimum absolute atomic E-state index is 0.00892. The van der Waals surface area contributed by atoms with Crippen molar-refractivity contribution in [2.45, 2.75) is 75.0 Å². The molecule has 1 spiro atoms. The van der Waals surface area contributed by atoms with Crippen molar-refractivity contribution in [1.29, 1.82) is 0 Å². The van der Waals surface area contributed by atoms with E-state index < -0.39 is 17.5 Å². The number of hydrogen-bond acceptors (Lipinski definition) is 5. The van der Waals surface area contributed by atoms with Gasteiger partial charge >= 0.3 is 0 Å². The van der Waals surface area contributed by atoms with Crippen LogP contribution in [0.15, 0.2) is 12.2 Å². The topological polar surface area (TPSA) is 68.2 Å². The molecular formula is C20H32O5. The summed E-state index contributed by atoms with van der Waals surface area (Å²) in [5, 5.41) is 21.1. The summed E-state index contributed by atoms with van der Waals surface area (Å²) < 4.78 is 17.8. The Labute approximate surface area is 150 Å². The average molecular weight is 352 g/mol. The van der Waals surface area contributed by atoms with Gasteiger partial charge in [0.15, 0.2) is 5.79 Å². The minimum Gasteiger partial charge on any atom is -0.393 e. The molecule has 4 aliphatic rings. The van der Waals surface area contributed by atoms with Gasteiger partial charge in [0.1, 0.15) is 5.60 Å². The molecule has 2 N–H and O–H groups in total. The van der Waals surface area contributed by atoms with Crippen molar-refractivity contribution in [2.75, 3.05) is 20.3 Å². The predicted molar refractivity (Wildman–Crippen MR) is 92.9 cm³/mol. The zero-order valence-electron chi connectivity index (χ0n) is 15.2. The lowest BCUT2D eigenvalue weighted by Crippen LogP contribution is -2.74. The van der Waals surface area contributed by atoms with E-state index in [0.717, 1.165) is 25.7 Å². The van der Waals surface area contributed by atoms with Crippen molar-refractivity contribution < 1.29 is 24.4 Å². The molecule has 0 aromatic heterocycles. The minimum atomic E-state index is -0.624. The summed E-state index contributed by atoms with van der Waals surface area (Å²) in [5.41, 5.74) is -0.465. The summed E-state index contributed by atoms with van der Waals surface area (Å²) in [6.45, 7) is 1.22. The van der Waals surface area contributed by atoms with E-state index in [1.807, 2.05) is 12.2 Å². The van der Waals surface area contributed by atoms with Crippen molar-refractivity contribution in [3.8, 4) is 0 Å². The fourth-order valence-corrected chi connectivity index (χ4v) is 5.79. The molecule has 0 bridgehead atoms. The van der Waals surface area contributed by atoms with E-state index in [0.29, 0.717) is 25.6 Å². The lowest BCUT2D eigenvalue weighted by Gasteiger charge is -2.64. The molecule has 5 heteroatoms. The first kappa shape index (κ1) is 17.9. The van der Waals surface area contributed by atoms with Gasteiger partial charge in [0, 0.05) is 25.4 Å².